The minimum atomic E-state index is -0.236. The van der Waals surface area contributed by atoms with Gasteiger partial charge in [-0.1, -0.05) is 35.9 Å². The zero-order valence-corrected chi connectivity index (χ0v) is 11.8. The van der Waals surface area contributed by atoms with E-state index in [-0.39, 0.29) is 5.82 Å². The molecule has 0 amide bonds. The Balaban J connectivity index is 2.61. The quantitative estimate of drug-likeness (QED) is 0.614. The highest BCUT2D eigenvalue weighted by atomic mass is 79.9. The van der Waals surface area contributed by atoms with E-state index in [0.717, 1.165) is 15.6 Å². The van der Waals surface area contributed by atoms with E-state index in [1.165, 1.54) is 0 Å². The Morgan fingerprint density at radius 1 is 1.06 bits per heavy atom. The molecule has 0 radical (unpaired) electrons. The molecular weight excluding hydrogens is 335 g/mol. The van der Waals surface area contributed by atoms with Crippen LogP contribution in [0.2, 0.25) is 0 Å². The molecule has 3 heteroatoms. The van der Waals surface area contributed by atoms with Crippen LogP contribution in [-0.4, -0.2) is 0 Å². The summed E-state index contributed by atoms with van der Waals surface area (Å²) in [7, 11) is 0. The smallest absolute Gasteiger partial charge is 0.146 e. The summed E-state index contributed by atoms with van der Waals surface area (Å²) in [6, 6.07) is 11.4. The lowest BCUT2D eigenvalue weighted by atomic mass is 10.0. The molecule has 0 fully saturated rings. The minimum absolute atomic E-state index is 0.236. The summed E-state index contributed by atoms with van der Waals surface area (Å²) < 4.78 is 15.2. The number of rotatable bonds is 1. The van der Waals surface area contributed by atoms with Crippen LogP contribution in [0.25, 0.3) is 11.1 Å². The van der Waals surface area contributed by atoms with Crippen molar-refractivity contribution >= 4 is 31.9 Å². The average Bonchev–Trinajstić information content (AvgIpc) is 2.26. The van der Waals surface area contributed by atoms with Crippen molar-refractivity contribution in [1.82, 2.24) is 0 Å². The van der Waals surface area contributed by atoms with Crippen LogP contribution in [0, 0.1) is 12.7 Å². The first-order valence-electron chi connectivity index (χ1n) is 4.80. The summed E-state index contributed by atoms with van der Waals surface area (Å²) in [5.41, 5.74) is 2.63. The largest absolute Gasteiger partial charge is 0.205 e. The molecule has 16 heavy (non-hydrogen) atoms. The Hall–Kier alpha value is -0.670. The topological polar surface area (TPSA) is 0 Å². The molecule has 0 bridgehead atoms. The van der Waals surface area contributed by atoms with Crippen LogP contribution in [-0.2, 0) is 0 Å². The van der Waals surface area contributed by atoms with Gasteiger partial charge in [0.05, 0.1) is 4.47 Å². The third-order valence-corrected chi connectivity index (χ3v) is 4.33. The molecule has 2 aromatic carbocycles. The van der Waals surface area contributed by atoms with Crippen molar-refractivity contribution in [3.8, 4) is 11.1 Å². The van der Waals surface area contributed by atoms with Crippen molar-refractivity contribution in [2.45, 2.75) is 6.92 Å². The number of hydrogen-bond acceptors (Lipinski definition) is 0. The zero-order chi connectivity index (χ0) is 11.7. The highest BCUT2D eigenvalue weighted by Gasteiger charge is 2.11. The second kappa shape index (κ2) is 4.68. The van der Waals surface area contributed by atoms with Gasteiger partial charge in [0, 0.05) is 10.0 Å². The molecule has 2 rings (SSSR count). The van der Waals surface area contributed by atoms with Crippen molar-refractivity contribution in [3.63, 3.8) is 0 Å². The molecule has 0 aromatic heterocycles. The van der Waals surface area contributed by atoms with Crippen LogP contribution in [0.1, 0.15) is 5.56 Å². The first-order chi connectivity index (χ1) is 7.59. The molecule has 0 saturated carbocycles. The van der Waals surface area contributed by atoms with Gasteiger partial charge >= 0.3 is 0 Å². The number of halogens is 3. The normalized spacial score (nSPS) is 10.5. The summed E-state index contributed by atoms with van der Waals surface area (Å²) in [5, 5.41) is 0. The second-order valence-electron chi connectivity index (χ2n) is 3.59. The van der Waals surface area contributed by atoms with Crippen LogP contribution >= 0.6 is 31.9 Å². The number of aryl methyl sites for hydroxylation is 1. The summed E-state index contributed by atoms with van der Waals surface area (Å²) in [5.74, 6) is -0.236. The maximum atomic E-state index is 14.0. The predicted molar refractivity (Wildman–Crippen MR) is 72.0 cm³/mol. The lowest BCUT2D eigenvalue weighted by molar-refractivity contribution is 0.623. The van der Waals surface area contributed by atoms with E-state index in [1.807, 2.05) is 37.3 Å². The summed E-state index contributed by atoms with van der Waals surface area (Å²) in [6.45, 7) is 2.00. The van der Waals surface area contributed by atoms with Crippen LogP contribution < -0.4 is 0 Å². The standard InChI is InChI=1S/C13H9Br2F/c1-8-3-2-4-9(7-8)10-5-6-11(14)12(15)13(10)16/h2-7H,1H3. The summed E-state index contributed by atoms with van der Waals surface area (Å²) >= 11 is 6.50. The van der Waals surface area contributed by atoms with E-state index in [4.69, 9.17) is 0 Å². The van der Waals surface area contributed by atoms with Gasteiger partial charge in [-0.25, -0.2) is 4.39 Å². The molecule has 0 aliphatic heterocycles. The maximum Gasteiger partial charge on any atom is 0.146 e. The fourth-order valence-corrected chi connectivity index (χ4v) is 2.21. The Kier molecular flexibility index (Phi) is 3.45. The Labute approximate surface area is 111 Å². The molecule has 82 valence electrons. The lowest BCUT2D eigenvalue weighted by Crippen LogP contribution is -1.87. The van der Waals surface area contributed by atoms with E-state index in [9.17, 15) is 4.39 Å². The van der Waals surface area contributed by atoms with Crippen LogP contribution in [0.4, 0.5) is 4.39 Å². The fourth-order valence-electron chi connectivity index (χ4n) is 1.56. The predicted octanol–water partition coefficient (Wildman–Crippen LogP) is 5.33. The number of benzene rings is 2. The monoisotopic (exact) mass is 342 g/mol. The maximum absolute atomic E-state index is 14.0. The molecule has 0 unspecified atom stereocenters. The van der Waals surface area contributed by atoms with E-state index in [1.54, 1.807) is 6.07 Å². The Morgan fingerprint density at radius 3 is 2.50 bits per heavy atom. The van der Waals surface area contributed by atoms with Gasteiger partial charge in [-0.15, -0.1) is 0 Å². The molecule has 0 aliphatic rings. The molecular formula is C13H9Br2F. The lowest BCUT2D eigenvalue weighted by Gasteiger charge is -2.07. The molecule has 2 aromatic rings. The van der Waals surface area contributed by atoms with Gasteiger partial charge in [0.2, 0.25) is 0 Å². The van der Waals surface area contributed by atoms with Gasteiger partial charge in [-0.05, 0) is 50.4 Å². The van der Waals surface area contributed by atoms with Crippen molar-refractivity contribution in [2.24, 2.45) is 0 Å². The summed E-state index contributed by atoms with van der Waals surface area (Å²) in [4.78, 5) is 0. The van der Waals surface area contributed by atoms with Crippen molar-refractivity contribution in [1.29, 1.82) is 0 Å². The third kappa shape index (κ3) is 2.20. The minimum Gasteiger partial charge on any atom is -0.205 e. The van der Waals surface area contributed by atoms with Crippen molar-refractivity contribution < 1.29 is 4.39 Å². The number of hydrogen-bond donors (Lipinski definition) is 0. The van der Waals surface area contributed by atoms with E-state index < -0.39 is 0 Å². The van der Waals surface area contributed by atoms with Crippen molar-refractivity contribution in [3.05, 3.63) is 56.7 Å². The molecule has 0 atom stereocenters. The highest BCUT2D eigenvalue weighted by molar-refractivity contribution is 9.13. The van der Waals surface area contributed by atoms with Gasteiger partial charge < -0.3 is 0 Å². The molecule has 0 aliphatic carbocycles. The van der Waals surface area contributed by atoms with Gasteiger partial charge in [-0.3, -0.25) is 0 Å². The second-order valence-corrected chi connectivity index (χ2v) is 5.24. The molecule has 0 saturated heterocycles. The highest BCUT2D eigenvalue weighted by Crippen LogP contribution is 2.33. The first kappa shape index (κ1) is 11.8. The van der Waals surface area contributed by atoms with Gasteiger partial charge in [0.15, 0.2) is 0 Å². The first-order valence-corrected chi connectivity index (χ1v) is 6.38. The SMILES string of the molecule is Cc1cccc(-c2ccc(Br)c(Br)c2F)c1. The van der Waals surface area contributed by atoms with Crippen molar-refractivity contribution in [2.75, 3.05) is 0 Å². The van der Waals surface area contributed by atoms with Crippen LogP contribution in [0.15, 0.2) is 45.3 Å². The fraction of sp³-hybridized carbons (Fsp3) is 0.0769. The van der Waals surface area contributed by atoms with Gasteiger partial charge in [-0.2, -0.15) is 0 Å². The Morgan fingerprint density at radius 2 is 1.81 bits per heavy atom. The summed E-state index contributed by atoms with van der Waals surface area (Å²) in [6.07, 6.45) is 0. The molecule has 0 N–H and O–H groups in total. The molecule has 0 spiro atoms. The Bertz CT molecular complexity index is 535. The van der Waals surface area contributed by atoms with E-state index in [2.05, 4.69) is 31.9 Å². The third-order valence-electron chi connectivity index (χ3n) is 2.36. The van der Waals surface area contributed by atoms with E-state index >= 15 is 0 Å². The van der Waals surface area contributed by atoms with Crippen LogP contribution in [0.5, 0.6) is 0 Å². The molecule has 0 heterocycles. The molecule has 0 nitrogen and oxygen atoms in total. The van der Waals surface area contributed by atoms with Crippen LogP contribution in [0.3, 0.4) is 0 Å². The average molecular weight is 344 g/mol. The van der Waals surface area contributed by atoms with Gasteiger partial charge in [0.1, 0.15) is 5.82 Å². The van der Waals surface area contributed by atoms with Gasteiger partial charge in [0.25, 0.3) is 0 Å². The van der Waals surface area contributed by atoms with E-state index in [0.29, 0.717) is 10.0 Å². The zero-order valence-electron chi connectivity index (χ0n) is 8.60.